The lowest BCUT2D eigenvalue weighted by atomic mass is 10.2. The van der Waals surface area contributed by atoms with E-state index in [2.05, 4.69) is 22.2 Å². The SMILES string of the molecule is C[C@@H]1CNCCN1Cc1ccn(-c2ccc(F)cc2F)n1. The van der Waals surface area contributed by atoms with Crippen LogP contribution in [0, 0.1) is 11.6 Å². The fourth-order valence-corrected chi connectivity index (χ4v) is 2.57. The predicted octanol–water partition coefficient (Wildman–Crippen LogP) is 1.94. The van der Waals surface area contributed by atoms with Crippen LogP contribution in [0.1, 0.15) is 12.6 Å². The van der Waals surface area contributed by atoms with Crippen molar-refractivity contribution in [2.45, 2.75) is 19.5 Å². The fraction of sp³-hybridized carbons (Fsp3) is 0.400. The summed E-state index contributed by atoms with van der Waals surface area (Å²) in [7, 11) is 0. The van der Waals surface area contributed by atoms with Gasteiger partial charge < -0.3 is 5.32 Å². The summed E-state index contributed by atoms with van der Waals surface area (Å²) in [6, 6.07) is 5.83. The van der Waals surface area contributed by atoms with Gasteiger partial charge in [0.25, 0.3) is 0 Å². The summed E-state index contributed by atoms with van der Waals surface area (Å²) in [6.07, 6.45) is 1.71. The molecule has 0 spiro atoms. The van der Waals surface area contributed by atoms with Crippen LogP contribution in [0.25, 0.3) is 5.69 Å². The highest BCUT2D eigenvalue weighted by molar-refractivity contribution is 5.33. The lowest BCUT2D eigenvalue weighted by Crippen LogP contribution is -2.49. The van der Waals surface area contributed by atoms with Gasteiger partial charge in [-0.2, -0.15) is 5.10 Å². The first-order valence-corrected chi connectivity index (χ1v) is 7.08. The number of hydrogen-bond acceptors (Lipinski definition) is 3. The van der Waals surface area contributed by atoms with Gasteiger partial charge in [0.1, 0.15) is 11.5 Å². The van der Waals surface area contributed by atoms with Crippen molar-refractivity contribution in [2.75, 3.05) is 19.6 Å². The van der Waals surface area contributed by atoms with E-state index >= 15 is 0 Å². The van der Waals surface area contributed by atoms with Gasteiger partial charge in [0.05, 0.1) is 5.69 Å². The average Bonchev–Trinajstić information content (AvgIpc) is 2.90. The van der Waals surface area contributed by atoms with Gasteiger partial charge in [-0.05, 0) is 25.1 Å². The van der Waals surface area contributed by atoms with Gasteiger partial charge in [0.15, 0.2) is 5.82 Å². The Balaban J connectivity index is 1.76. The molecule has 4 nitrogen and oxygen atoms in total. The molecule has 1 saturated heterocycles. The molecule has 2 aromatic rings. The van der Waals surface area contributed by atoms with E-state index in [9.17, 15) is 8.78 Å². The van der Waals surface area contributed by atoms with Crippen molar-refractivity contribution in [2.24, 2.45) is 0 Å². The maximum absolute atomic E-state index is 13.7. The molecule has 1 aliphatic rings. The zero-order valence-electron chi connectivity index (χ0n) is 11.9. The lowest BCUT2D eigenvalue weighted by molar-refractivity contribution is 0.163. The van der Waals surface area contributed by atoms with Gasteiger partial charge in [0.2, 0.25) is 0 Å². The topological polar surface area (TPSA) is 33.1 Å². The van der Waals surface area contributed by atoms with Gasteiger partial charge in [-0.15, -0.1) is 0 Å². The van der Waals surface area contributed by atoms with E-state index in [0.717, 1.165) is 37.9 Å². The molecule has 0 saturated carbocycles. The van der Waals surface area contributed by atoms with Crippen LogP contribution >= 0.6 is 0 Å². The van der Waals surface area contributed by atoms with Crippen LogP contribution in [-0.2, 0) is 6.54 Å². The monoisotopic (exact) mass is 292 g/mol. The predicted molar refractivity (Wildman–Crippen MR) is 76.2 cm³/mol. The molecule has 0 bridgehead atoms. The number of nitrogens with one attached hydrogen (secondary N) is 1. The second-order valence-electron chi connectivity index (χ2n) is 5.37. The minimum absolute atomic E-state index is 0.260. The van der Waals surface area contributed by atoms with Gasteiger partial charge >= 0.3 is 0 Å². The molecule has 1 N–H and O–H groups in total. The van der Waals surface area contributed by atoms with E-state index in [1.54, 1.807) is 6.20 Å². The Hall–Kier alpha value is -1.79. The third-order valence-electron chi connectivity index (χ3n) is 3.80. The first-order valence-electron chi connectivity index (χ1n) is 7.08. The Morgan fingerprint density at radius 2 is 2.19 bits per heavy atom. The summed E-state index contributed by atoms with van der Waals surface area (Å²) in [5.41, 5.74) is 1.14. The highest BCUT2D eigenvalue weighted by Crippen LogP contribution is 2.15. The molecule has 0 aliphatic carbocycles. The maximum Gasteiger partial charge on any atom is 0.151 e. The van der Waals surface area contributed by atoms with E-state index < -0.39 is 11.6 Å². The van der Waals surface area contributed by atoms with Crippen molar-refractivity contribution in [3.05, 3.63) is 47.8 Å². The number of rotatable bonds is 3. The van der Waals surface area contributed by atoms with Crippen molar-refractivity contribution in [1.29, 1.82) is 0 Å². The molecule has 0 radical (unpaired) electrons. The van der Waals surface area contributed by atoms with Crippen LogP contribution in [0.3, 0.4) is 0 Å². The standard InChI is InChI=1S/C15H18F2N4/c1-11-9-18-5-7-20(11)10-13-4-6-21(19-13)15-3-2-12(16)8-14(15)17/h2-4,6,8,11,18H,5,7,9-10H2,1H3/t11-/m1/s1. The van der Waals surface area contributed by atoms with Crippen LogP contribution in [0.4, 0.5) is 8.78 Å². The summed E-state index contributed by atoms with van der Waals surface area (Å²) < 4.78 is 28.1. The fourth-order valence-electron chi connectivity index (χ4n) is 2.57. The Morgan fingerprint density at radius 1 is 1.33 bits per heavy atom. The zero-order valence-corrected chi connectivity index (χ0v) is 11.9. The van der Waals surface area contributed by atoms with Crippen LogP contribution in [0.15, 0.2) is 30.5 Å². The van der Waals surface area contributed by atoms with Crippen LogP contribution in [-0.4, -0.2) is 40.4 Å². The van der Waals surface area contributed by atoms with Crippen LogP contribution in [0.5, 0.6) is 0 Å². The second-order valence-corrected chi connectivity index (χ2v) is 5.37. The third kappa shape index (κ3) is 3.11. The maximum atomic E-state index is 13.7. The molecule has 0 amide bonds. The van der Waals surface area contributed by atoms with Crippen molar-refractivity contribution in [1.82, 2.24) is 20.0 Å². The Bertz CT molecular complexity index is 626. The summed E-state index contributed by atoms with van der Waals surface area (Å²) in [6.45, 7) is 5.81. The number of benzene rings is 1. The van der Waals surface area contributed by atoms with Crippen molar-refractivity contribution >= 4 is 0 Å². The number of nitrogens with zero attached hydrogens (tertiary/aromatic N) is 3. The van der Waals surface area contributed by atoms with Gasteiger partial charge in [-0.3, -0.25) is 4.90 Å². The molecule has 2 heterocycles. The Morgan fingerprint density at radius 3 is 2.95 bits per heavy atom. The second kappa shape index (κ2) is 5.91. The molecule has 1 aromatic heterocycles. The zero-order chi connectivity index (χ0) is 14.8. The van der Waals surface area contributed by atoms with E-state index in [1.165, 1.54) is 16.8 Å². The largest absolute Gasteiger partial charge is 0.314 e. The number of hydrogen-bond donors (Lipinski definition) is 1. The van der Waals surface area contributed by atoms with Gasteiger partial charge in [-0.25, -0.2) is 13.5 Å². The number of piperazine rings is 1. The molecule has 3 rings (SSSR count). The Kier molecular flexibility index (Phi) is 3.98. The number of halogens is 2. The Labute approximate surface area is 122 Å². The summed E-state index contributed by atoms with van der Waals surface area (Å²) >= 11 is 0. The molecule has 21 heavy (non-hydrogen) atoms. The molecular formula is C15H18F2N4. The van der Waals surface area contributed by atoms with Crippen molar-refractivity contribution < 1.29 is 8.78 Å². The summed E-state index contributed by atoms with van der Waals surface area (Å²) in [5, 5.41) is 7.73. The molecule has 6 heteroatoms. The van der Waals surface area contributed by atoms with E-state index in [-0.39, 0.29) is 5.69 Å². The lowest BCUT2D eigenvalue weighted by Gasteiger charge is -2.33. The van der Waals surface area contributed by atoms with Crippen molar-refractivity contribution in [3.63, 3.8) is 0 Å². The van der Waals surface area contributed by atoms with E-state index in [0.29, 0.717) is 6.04 Å². The minimum atomic E-state index is -0.611. The molecule has 1 aromatic carbocycles. The molecular weight excluding hydrogens is 274 g/mol. The highest BCUT2D eigenvalue weighted by Gasteiger charge is 2.19. The average molecular weight is 292 g/mol. The van der Waals surface area contributed by atoms with Gasteiger partial charge in [0, 0.05) is 44.5 Å². The first kappa shape index (κ1) is 14.2. The summed E-state index contributed by atoms with van der Waals surface area (Å²) in [4.78, 5) is 2.34. The normalized spacial score (nSPS) is 19.9. The molecule has 1 fully saturated rings. The van der Waals surface area contributed by atoms with Gasteiger partial charge in [-0.1, -0.05) is 0 Å². The molecule has 1 aliphatic heterocycles. The molecule has 0 unspecified atom stereocenters. The summed E-state index contributed by atoms with van der Waals surface area (Å²) in [5.74, 6) is -1.20. The molecule has 112 valence electrons. The minimum Gasteiger partial charge on any atom is -0.314 e. The van der Waals surface area contributed by atoms with Crippen molar-refractivity contribution in [3.8, 4) is 5.69 Å². The van der Waals surface area contributed by atoms with E-state index in [4.69, 9.17) is 0 Å². The van der Waals surface area contributed by atoms with Crippen LogP contribution in [0.2, 0.25) is 0 Å². The first-order chi connectivity index (χ1) is 10.1. The third-order valence-corrected chi connectivity index (χ3v) is 3.80. The van der Waals surface area contributed by atoms with Crippen LogP contribution < -0.4 is 5.32 Å². The number of aromatic nitrogens is 2. The molecule has 1 atom stereocenters. The quantitative estimate of drug-likeness (QED) is 0.938. The smallest absolute Gasteiger partial charge is 0.151 e. The highest BCUT2D eigenvalue weighted by atomic mass is 19.1. The van der Waals surface area contributed by atoms with E-state index in [1.807, 2.05) is 6.07 Å².